The number of fused-ring (bicyclic) bond motifs is 5. The second-order valence-corrected chi connectivity index (χ2v) is 16.5. The predicted octanol–water partition coefficient (Wildman–Crippen LogP) is 15.6. The van der Waals surface area contributed by atoms with Crippen LogP contribution in [0, 0.1) is 0 Å². The van der Waals surface area contributed by atoms with E-state index in [0.29, 0.717) is 0 Å². The first-order valence-electron chi connectivity index (χ1n) is 20.8. The Morgan fingerprint density at radius 2 is 1.03 bits per heavy atom. The minimum absolute atomic E-state index is 0.282. The number of benzene rings is 8. The molecule has 1 aromatic heterocycles. The number of hydrogen-bond donors (Lipinski definition) is 0. The molecule has 1 aliphatic carbocycles. The lowest BCUT2D eigenvalue weighted by atomic mass is 9.72. The van der Waals surface area contributed by atoms with E-state index >= 15 is 0 Å². The highest BCUT2D eigenvalue weighted by Gasteiger charge is 2.37. The number of aromatic nitrogens is 1. The van der Waals surface area contributed by atoms with E-state index in [9.17, 15) is 0 Å². The smallest absolute Gasteiger partial charge is 0.0619 e. The summed E-state index contributed by atoms with van der Waals surface area (Å²) in [5, 5.41) is 2.50. The summed E-state index contributed by atoms with van der Waals surface area (Å²) in [7, 11) is 0. The zero-order valence-corrected chi connectivity index (χ0v) is 33.4. The van der Waals surface area contributed by atoms with E-state index in [1.165, 1.54) is 88.8 Å². The number of allylic oxidation sites excluding steroid dienone is 4. The molecule has 0 saturated heterocycles. The third kappa shape index (κ3) is 5.86. The standard InChI is InChI=1S/C57H44N2/c1-57(2)51-37-43(40-19-9-4-10-20-40)29-33-54(51)58(47-31-27-41(28-32-47)39-17-7-3-8-18-39)55-34-30-44(38-52(55)57)45-35-49(42-21-11-5-12-22-42)56-50(36-45)48-25-15-16-26-53(48)59(56)46-23-13-6-14-24-46/h4-7,9-38H,3,8H2,1-2H3. The minimum atomic E-state index is -0.282. The van der Waals surface area contributed by atoms with Crippen LogP contribution in [0.25, 0.3) is 66.4 Å². The van der Waals surface area contributed by atoms with Gasteiger partial charge in [-0.15, -0.1) is 0 Å². The van der Waals surface area contributed by atoms with Crippen molar-refractivity contribution in [3.8, 4) is 39.1 Å². The molecule has 0 atom stereocenters. The van der Waals surface area contributed by atoms with Crippen LogP contribution in [-0.2, 0) is 5.41 Å². The van der Waals surface area contributed by atoms with Gasteiger partial charge in [0.05, 0.1) is 22.4 Å². The first-order valence-corrected chi connectivity index (χ1v) is 20.8. The number of rotatable bonds is 6. The van der Waals surface area contributed by atoms with Crippen molar-refractivity contribution < 1.29 is 0 Å². The van der Waals surface area contributed by atoms with E-state index in [0.717, 1.165) is 24.2 Å². The van der Waals surface area contributed by atoms with Gasteiger partial charge in [0.2, 0.25) is 0 Å². The van der Waals surface area contributed by atoms with Crippen LogP contribution in [0.5, 0.6) is 0 Å². The molecular weight excluding hydrogens is 713 g/mol. The van der Waals surface area contributed by atoms with Crippen molar-refractivity contribution in [2.24, 2.45) is 0 Å². The molecule has 11 rings (SSSR count). The largest absolute Gasteiger partial charge is 0.310 e. The van der Waals surface area contributed by atoms with Gasteiger partial charge in [0.1, 0.15) is 0 Å². The molecule has 282 valence electrons. The van der Waals surface area contributed by atoms with E-state index in [1.807, 2.05) is 0 Å². The highest BCUT2D eigenvalue weighted by Crippen LogP contribution is 2.54. The van der Waals surface area contributed by atoms with Crippen molar-refractivity contribution in [2.75, 3.05) is 4.90 Å². The number of para-hydroxylation sites is 2. The molecule has 8 aromatic carbocycles. The Morgan fingerprint density at radius 1 is 0.441 bits per heavy atom. The zero-order valence-electron chi connectivity index (χ0n) is 33.4. The molecule has 0 radical (unpaired) electrons. The minimum Gasteiger partial charge on any atom is -0.310 e. The van der Waals surface area contributed by atoms with Crippen LogP contribution in [0.15, 0.2) is 206 Å². The molecule has 59 heavy (non-hydrogen) atoms. The molecular formula is C57H44N2. The maximum Gasteiger partial charge on any atom is 0.0619 e. The Kier molecular flexibility index (Phi) is 8.34. The molecule has 2 heteroatoms. The molecule has 2 aliphatic rings. The number of nitrogens with zero attached hydrogens (tertiary/aromatic N) is 2. The second-order valence-electron chi connectivity index (χ2n) is 16.5. The third-order valence-corrected chi connectivity index (χ3v) is 12.6. The van der Waals surface area contributed by atoms with E-state index < -0.39 is 0 Å². The second kappa shape index (κ2) is 14.0. The predicted molar refractivity (Wildman–Crippen MR) is 250 cm³/mol. The van der Waals surface area contributed by atoms with Crippen LogP contribution in [0.2, 0.25) is 0 Å². The molecule has 2 heterocycles. The lowest BCUT2D eigenvalue weighted by Gasteiger charge is -2.42. The van der Waals surface area contributed by atoms with Crippen LogP contribution < -0.4 is 4.90 Å². The molecule has 0 saturated carbocycles. The fourth-order valence-electron chi connectivity index (χ4n) is 9.58. The molecule has 0 bridgehead atoms. The van der Waals surface area contributed by atoms with Crippen molar-refractivity contribution >= 4 is 44.4 Å². The fraction of sp³-hybridized carbons (Fsp3) is 0.0877. The Balaban J connectivity index is 1.13. The zero-order chi connectivity index (χ0) is 39.5. The third-order valence-electron chi connectivity index (χ3n) is 12.6. The maximum absolute atomic E-state index is 2.48. The quantitative estimate of drug-likeness (QED) is 0.164. The average molecular weight is 757 g/mol. The van der Waals surface area contributed by atoms with Crippen LogP contribution in [0.1, 0.15) is 43.4 Å². The van der Waals surface area contributed by atoms with Crippen LogP contribution in [-0.4, -0.2) is 4.57 Å². The van der Waals surface area contributed by atoms with Crippen LogP contribution in [0.3, 0.4) is 0 Å². The molecule has 0 unspecified atom stereocenters. The van der Waals surface area contributed by atoms with Crippen molar-refractivity contribution in [1.29, 1.82) is 0 Å². The average Bonchev–Trinajstić information content (AvgIpc) is 3.64. The SMILES string of the molecule is CC1(C)c2cc(-c3ccccc3)ccc2N(c2ccc(C3=CCCC=C3)cc2)c2ccc(-c3cc(-c4ccccc4)c4c(c3)c3ccccc3n4-c3ccccc3)cc21. The van der Waals surface area contributed by atoms with Gasteiger partial charge in [-0.1, -0.05) is 153 Å². The maximum atomic E-state index is 2.48. The van der Waals surface area contributed by atoms with E-state index in [1.54, 1.807) is 0 Å². The summed E-state index contributed by atoms with van der Waals surface area (Å²) in [6, 6.07) is 69.5. The van der Waals surface area contributed by atoms with Gasteiger partial charge in [-0.25, -0.2) is 0 Å². The first kappa shape index (κ1) is 35.0. The molecule has 0 spiro atoms. The molecule has 0 fully saturated rings. The van der Waals surface area contributed by atoms with Gasteiger partial charge in [0.15, 0.2) is 0 Å². The van der Waals surface area contributed by atoms with Gasteiger partial charge >= 0.3 is 0 Å². The fourth-order valence-corrected chi connectivity index (χ4v) is 9.58. The van der Waals surface area contributed by atoms with Gasteiger partial charge in [-0.05, 0) is 130 Å². The van der Waals surface area contributed by atoms with E-state index in [2.05, 4.69) is 230 Å². The Morgan fingerprint density at radius 3 is 1.69 bits per heavy atom. The number of hydrogen-bond acceptors (Lipinski definition) is 1. The van der Waals surface area contributed by atoms with Gasteiger partial charge < -0.3 is 9.47 Å². The van der Waals surface area contributed by atoms with Crippen LogP contribution in [0.4, 0.5) is 17.1 Å². The monoisotopic (exact) mass is 756 g/mol. The summed E-state index contributed by atoms with van der Waals surface area (Å²) >= 11 is 0. The summed E-state index contributed by atoms with van der Waals surface area (Å²) in [5.74, 6) is 0. The van der Waals surface area contributed by atoms with Gasteiger partial charge in [0.25, 0.3) is 0 Å². The Bertz CT molecular complexity index is 3090. The van der Waals surface area contributed by atoms with Crippen LogP contribution >= 0.6 is 0 Å². The van der Waals surface area contributed by atoms with Crippen molar-refractivity contribution in [1.82, 2.24) is 4.57 Å². The Hall–Kier alpha value is -7.16. The van der Waals surface area contributed by atoms with Crippen molar-refractivity contribution in [2.45, 2.75) is 32.1 Å². The summed E-state index contributed by atoms with van der Waals surface area (Å²) in [5.41, 5.74) is 19.4. The van der Waals surface area contributed by atoms with Gasteiger partial charge in [0, 0.05) is 33.1 Å². The summed E-state index contributed by atoms with van der Waals surface area (Å²) < 4.78 is 2.44. The summed E-state index contributed by atoms with van der Waals surface area (Å²) in [6.45, 7) is 4.80. The molecule has 9 aromatic rings. The van der Waals surface area contributed by atoms with E-state index in [4.69, 9.17) is 0 Å². The van der Waals surface area contributed by atoms with E-state index in [-0.39, 0.29) is 5.41 Å². The summed E-state index contributed by atoms with van der Waals surface area (Å²) in [4.78, 5) is 2.48. The molecule has 2 nitrogen and oxygen atoms in total. The first-order chi connectivity index (χ1) is 29.0. The lowest BCUT2D eigenvalue weighted by molar-refractivity contribution is 0.632. The van der Waals surface area contributed by atoms with Crippen molar-refractivity contribution in [3.05, 3.63) is 223 Å². The number of anilines is 3. The molecule has 1 aliphatic heterocycles. The van der Waals surface area contributed by atoms with Gasteiger partial charge in [-0.3, -0.25) is 0 Å². The Labute approximate surface area is 346 Å². The summed E-state index contributed by atoms with van der Waals surface area (Å²) in [6.07, 6.45) is 9.11. The normalized spacial score (nSPS) is 14.3. The van der Waals surface area contributed by atoms with Crippen molar-refractivity contribution in [3.63, 3.8) is 0 Å². The highest BCUT2D eigenvalue weighted by atomic mass is 15.2. The molecule has 0 amide bonds. The topological polar surface area (TPSA) is 8.17 Å². The van der Waals surface area contributed by atoms with Gasteiger partial charge in [-0.2, -0.15) is 0 Å². The molecule has 0 N–H and O–H groups in total. The highest BCUT2D eigenvalue weighted by molar-refractivity contribution is 6.15. The lowest BCUT2D eigenvalue weighted by Crippen LogP contribution is -2.30.